The van der Waals surface area contributed by atoms with Crippen molar-refractivity contribution in [3.63, 3.8) is 0 Å². The fraction of sp³-hybridized carbons (Fsp3) is 0.143. The minimum Gasteiger partial charge on any atom is -0.464 e. The number of furan rings is 1. The van der Waals surface area contributed by atoms with Crippen molar-refractivity contribution in [2.75, 3.05) is 5.32 Å². The maximum Gasteiger partial charge on any atom is 0.255 e. The summed E-state index contributed by atoms with van der Waals surface area (Å²) in [4.78, 5) is 47.4. The summed E-state index contributed by atoms with van der Waals surface area (Å²) in [6.07, 6.45) is 2.14. The molecule has 2 aromatic carbocycles. The SMILES string of the molecule is NC(=O)c1ccc(NC(=O)c2ccc3occ(C4CCC(=O)NC4=O)c3c2)cc1. The molecule has 1 aliphatic rings. The third kappa shape index (κ3) is 3.60. The fourth-order valence-electron chi connectivity index (χ4n) is 3.37. The molecule has 2 heterocycles. The largest absolute Gasteiger partial charge is 0.464 e. The number of carbonyl (C=O) groups is 4. The highest BCUT2D eigenvalue weighted by Gasteiger charge is 2.30. The Hall–Kier alpha value is -3.94. The molecule has 3 aromatic rings. The zero-order chi connectivity index (χ0) is 20.5. The highest BCUT2D eigenvalue weighted by Crippen LogP contribution is 2.33. The Bertz CT molecular complexity index is 1150. The quantitative estimate of drug-likeness (QED) is 0.587. The first kappa shape index (κ1) is 18.4. The van der Waals surface area contributed by atoms with Crippen molar-refractivity contribution in [1.29, 1.82) is 0 Å². The number of hydrogen-bond acceptors (Lipinski definition) is 5. The normalized spacial score (nSPS) is 16.5. The molecule has 1 unspecified atom stereocenters. The molecule has 0 radical (unpaired) electrons. The van der Waals surface area contributed by atoms with Crippen LogP contribution in [0.3, 0.4) is 0 Å². The third-order valence-corrected chi connectivity index (χ3v) is 4.91. The molecule has 1 aliphatic heterocycles. The summed E-state index contributed by atoms with van der Waals surface area (Å²) in [6.45, 7) is 0. The van der Waals surface area contributed by atoms with Gasteiger partial charge in [0.25, 0.3) is 5.91 Å². The Morgan fingerprint density at radius 2 is 1.79 bits per heavy atom. The average Bonchev–Trinajstić information content (AvgIpc) is 3.11. The van der Waals surface area contributed by atoms with E-state index in [0.717, 1.165) is 0 Å². The lowest BCUT2D eigenvalue weighted by Crippen LogP contribution is -2.39. The van der Waals surface area contributed by atoms with Crippen LogP contribution >= 0.6 is 0 Å². The maximum absolute atomic E-state index is 12.6. The number of fused-ring (bicyclic) bond motifs is 1. The van der Waals surface area contributed by atoms with Gasteiger partial charge in [-0.3, -0.25) is 24.5 Å². The molecule has 1 aromatic heterocycles. The number of amides is 4. The van der Waals surface area contributed by atoms with Gasteiger partial charge < -0.3 is 15.5 Å². The molecule has 1 saturated heterocycles. The Morgan fingerprint density at radius 3 is 2.48 bits per heavy atom. The van der Waals surface area contributed by atoms with Gasteiger partial charge in [0.15, 0.2) is 0 Å². The molecule has 4 amide bonds. The first-order chi connectivity index (χ1) is 13.9. The second-order valence-corrected chi connectivity index (χ2v) is 6.80. The van der Waals surface area contributed by atoms with Crippen LogP contribution < -0.4 is 16.4 Å². The first-order valence-electron chi connectivity index (χ1n) is 8.98. The van der Waals surface area contributed by atoms with Crippen molar-refractivity contribution in [3.8, 4) is 0 Å². The van der Waals surface area contributed by atoms with Crippen LogP contribution in [0.5, 0.6) is 0 Å². The summed E-state index contributed by atoms with van der Waals surface area (Å²) < 4.78 is 5.53. The number of anilines is 1. The van der Waals surface area contributed by atoms with Gasteiger partial charge >= 0.3 is 0 Å². The molecule has 0 aliphatic carbocycles. The van der Waals surface area contributed by atoms with E-state index in [1.54, 1.807) is 30.3 Å². The van der Waals surface area contributed by atoms with Gasteiger partial charge in [-0.1, -0.05) is 0 Å². The lowest BCUT2D eigenvalue weighted by molar-refractivity contribution is -0.134. The van der Waals surface area contributed by atoms with Crippen molar-refractivity contribution in [2.45, 2.75) is 18.8 Å². The van der Waals surface area contributed by atoms with Crippen molar-refractivity contribution in [2.24, 2.45) is 5.73 Å². The zero-order valence-electron chi connectivity index (χ0n) is 15.2. The standard InChI is InChI=1S/C21H17N3O5/c22-19(26)11-1-4-13(5-2-11)23-20(27)12-3-7-17-15(9-12)16(10-29-17)14-6-8-18(25)24-21(14)28/h1-5,7,9-10,14H,6,8H2,(H2,22,26)(H,23,27)(H,24,25,28). The molecule has 0 spiro atoms. The van der Waals surface area contributed by atoms with Crippen molar-refractivity contribution in [3.05, 3.63) is 65.4 Å². The number of imide groups is 1. The molecular formula is C21H17N3O5. The number of carbonyl (C=O) groups excluding carboxylic acids is 4. The van der Waals surface area contributed by atoms with E-state index < -0.39 is 11.8 Å². The molecule has 8 heteroatoms. The molecule has 29 heavy (non-hydrogen) atoms. The van der Waals surface area contributed by atoms with Crippen molar-refractivity contribution in [1.82, 2.24) is 5.32 Å². The lowest BCUT2D eigenvalue weighted by Gasteiger charge is -2.19. The van der Waals surface area contributed by atoms with E-state index in [1.807, 2.05) is 0 Å². The van der Waals surface area contributed by atoms with E-state index in [0.29, 0.717) is 39.8 Å². The molecule has 1 fully saturated rings. The average molecular weight is 391 g/mol. The monoisotopic (exact) mass is 391 g/mol. The predicted octanol–water partition coefficient (Wildman–Crippen LogP) is 2.30. The van der Waals surface area contributed by atoms with Crippen LogP contribution in [-0.4, -0.2) is 23.6 Å². The van der Waals surface area contributed by atoms with Crippen LogP contribution in [0.2, 0.25) is 0 Å². The molecule has 0 saturated carbocycles. The Balaban J connectivity index is 1.59. The highest BCUT2D eigenvalue weighted by molar-refractivity contribution is 6.07. The lowest BCUT2D eigenvalue weighted by atomic mass is 9.90. The van der Waals surface area contributed by atoms with Gasteiger partial charge in [-0.05, 0) is 48.9 Å². The van der Waals surface area contributed by atoms with Crippen LogP contribution in [0.25, 0.3) is 11.0 Å². The van der Waals surface area contributed by atoms with E-state index >= 15 is 0 Å². The van der Waals surface area contributed by atoms with Crippen molar-refractivity contribution >= 4 is 40.3 Å². The summed E-state index contributed by atoms with van der Waals surface area (Å²) in [5, 5.41) is 5.73. The molecule has 146 valence electrons. The van der Waals surface area contributed by atoms with Gasteiger partial charge in [0.1, 0.15) is 5.58 Å². The molecular weight excluding hydrogens is 374 g/mol. The Kier molecular flexibility index (Phi) is 4.59. The molecule has 4 N–H and O–H groups in total. The topological polar surface area (TPSA) is 132 Å². The number of benzene rings is 2. The minimum atomic E-state index is -0.547. The van der Waals surface area contributed by atoms with Crippen LogP contribution in [0.1, 0.15) is 45.0 Å². The zero-order valence-corrected chi connectivity index (χ0v) is 15.2. The van der Waals surface area contributed by atoms with Gasteiger partial charge in [0.05, 0.1) is 12.2 Å². The molecule has 1 atom stereocenters. The van der Waals surface area contributed by atoms with E-state index in [9.17, 15) is 19.2 Å². The van der Waals surface area contributed by atoms with Crippen molar-refractivity contribution < 1.29 is 23.6 Å². The summed E-state index contributed by atoms with van der Waals surface area (Å²) in [5.41, 5.74) is 7.64. The minimum absolute atomic E-state index is 0.255. The van der Waals surface area contributed by atoms with Gasteiger partial charge in [-0.2, -0.15) is 0 Å². The third-order valence-electron chi connectivity index (χ3n) is 4.91. The van der Waals surface area contributed by atoms with Crippen LogP contribution in [0, 0.1) is 0 Å². The van der Waals surface area contributed by atoms with Gasteiger partial charge in [0, 0.05) is 34.2 Å². The van der Waals surface area contributed by atoms with Crippen LogP contribution in [0.15, 0.2) is 53.1 Å². The number of piperidine rings is 1. The highest BCUT2D eigenvalue weighted by atomic mass is 16.3. The van der Waals surface area contributed by atoms with Gasteiger partial charge in [-0.25, -0.2) is 0 Å². The van der Waals surface area contributed by atoms with E-state index in [4.69, 9.17) is 10.2 Å². The summed E-state index contributed by atoms with van der Waals surface area (Å²) in [6, 6.07) is 11.2. The number of nitrogens with two attached hydrogens (primary N) is 1. The second kappa shape index (κ2) is 7.23. The van der Waals surface area contributed by atoms with Crippen LogP contribution in [-0.2, 0) is 9.59 Å². The Labute approximate surface area is 165 Å². The van der Waals surface area contributed by atoms with E-state index in [1.165, 1.54) is 18.4 Å². The van der Waals surface area contributed by atoms with E-state index in [2.05, 4.69) is 10.6 Å². The fourth-order valence-corrected chi connectivity index (χ4v) is 3.37. The molecule has 0 bridgehead atoms. The summed E-state index contributed by atoms with van der Waals surface area (Å²) >= 11 is 0. The summed E-state index contributed by atoms with van der Waals surface area (Å²) in [7, 11) is 0. The number of hydrogen-bond donors (Lipinski definition) is 3. The molecule has 4 rings (SSSR count). The van der Waals surface area contributed by atoms with E-state index in [-0.39, 0.29) is 24.1 Å². The predicted molar refractivity (Wildman–Crippen MR) is 104 cm³/mol. The van der Waals surface area contributed by atoms with Gasteiger partial charge in [-0.15, -0.1) is 0 Å². The summed E-state index contributed by atoms with van der Waals surface area (Å²) in [5.74, 6) is -2.06. The van der Waals surface area contributed by atoms with Gasteiger partial charge in [0.2, 0.25) is 17.7 Å². The van der Waals surface area contributed by atoms with Crippen LogP contribution in [0.4, 0.5) is 5.69 Å². The second-order valence-electron chi connectivity index (χ2n) is 6.80. The Morgan fingerprint density at radius 1 is 1.07 bits per heavy atom. The maximum atomic E-state index is 12.6. The number of primary amides is 1. The number of nitrogens with one attached hydrogen (secondary N) is 2. The first-order valence-corrected chi connectivity index (χ1v) is 8.98. The number of rotatable bonds is 4. The smallest absolute Gasteiger partial charge is 0.255 e. The molecule has 8 nitrogen and oxygen atoms in total.